The summed E-state index contributed by atoms with van der Waals surface area (Å²) in [7, 11) is 0. The van der Waals surface area contributed by atoms with Crippen LogP contribution >= 0.6 is 23.2 Å². The van der Waals surface area contributed by atoms with E-state index in [1.807, 2.05) is 24.3 Å². The maximum absolute atomic E-state index is 9.38. The van der Waals surface area contributed by atoms with E-state index in [0.717, 1.165) is 41.3 Å². The minimum Gasteiger partial charge on any atom is -0.369 e. The minimum atomic E-state index is 0.565. The van der Waals surface area contributed by atoms with Gasteiger partial charge in [0.2, 0.25) is 0 Å². The molecule has 0 fully saturated rings. The molecule has 1 aliphatic heterocycles. The van der Waals surface area contributed by atoms with Gasteiger partial charge in [-0.15, -0.1) is 0 Å². The lowest BCUT2D eigenvalue weighted by molar-refractivity contribution is 0.879. The number of nitriles is 1. The number of aromatic nitrogens is 2. The summed E-state index contributed by atoms with van der Waals surface area (Å²) in [5.41, 5.74) is 4.10. The zero-order valence-electron chi connectivity index (χ0n) is 12.6. The molecular weight excluding hydrogens is 343 g/mol. The summed E-state index contributed by atoms with van der Waals surface area (Å²) in [4.78, 5) is 0. The van der Waals surface area contributed by atoms with Crippen LogP contribution in [-0.2, 0) is 6.42 Å². The second-order valence-electron chi connectivity index (χ2n) is 5.52. The van der Waals surface area contributed by atoms with E-state index in [0.29, 0.717) is 15.6 Å². The lowest BCUT2D eigenvalue weighted by Crippen LogP contribution is -2.05. The van der Waals surface area contributed by atoms with Gasteiger partial charge in [0, 0.05) is 22.7 Å². The Morgan fingerprint density at radius 3 is 2.79 bits per heavy atom. The van der Waals surface area contributed by atoms with Gasteiger partial charge < -0.3 is 5.32 Å². The average Bonchev–Trinajstić information content (AvgIpc) is 3.18. The molecule has 4 nitrogen and oxygen atoms in total. The van der Waals surface area contributed by atoms with Gasteiger partial charge >= 0.3 is 0 Å². The molecule has 118 valence electrons. The monoisotopic (exact) mass is 354 g/mol. The van der Waals surface area contributed by atoms with Crippen molar-refractivity contribution in [2.45, 2.75) is 6.42 Å². The van der Waals surface area contributed by atoms with Crippen LogP contribution in [0.25, 0.3) is 16.9 Å². The van der Waals surface area contributed by atoms with Gasteiger partial charge in [-0.05, 0) is 36.8 Å². The van der Waals surface area contributed by atoms with Crippen molar-refractivity contribution < 1.29 is 0 Å². The zero-order valence-corrected chi connectivity index (χ0v) is 14.1. The number of para-hydroxylation sites is 1. The normalized spacial score (nSPS) is 12.5. The number of rotatable bonds is 2. The smallest absolute Gasteiger partial charge is 0.133 e. The molecule has 0 radical (unpaired) electrons. The summed E-state index contributed by atoms with van der Waals surface area (Å²) in [5.74, 6) is 0.915. The van der Waals surface area contributed by atoms with Crippen LogP contribution in [0, 0.1) is 11.3 Å². The van der Waals surface area contributed by atoms with Crippen molar-refractivity contribution in [2.75, 3.05) is 11.9 Å². The van der Waals surface area contributed by atoms with Crippen LogP contribution in [-0.4, -0.2) is 16.3 Å². The predicted octanol–water partition coefficient (Wildman–Crippen LogP) is 4.69. The molecule has 2 heterocycles. The molecule has 4 rings (SSSR count). The van der Waals surface area contributed by atoms with Crippen LogP contribution in [0.3, 0.4) is 0 Å². The third kappa shape index (κ3) is 2.34. The molecule has 0 saturated heterocycles. The first-order chi connectivity index (χ1) is 11.7. The Labute approximate surface area is 149 Å². The summed E-state index contributed by atoms with van der Waals surface area (Å²) in [6, 6.07) is 15.0. The standard InChI is InChI=1S/C18H12Cl2N4/c19-12-5-6-13(15(20)9-12)17-14-7-8-22-18(14)24(23-17)16-4-2-1-3-11(16)10-21/h1-6,9,22H,7-8H2. The van der Waals surface area contributed by atoms with Crippen molar-refractivity contribution in [1.82, 2.24) is 9.78 Å². The molecule has 2 aromatic carbocycles. The number of hydrogen-bond acceptors (Lipinski definition) is 3. The Bertz CT molecular complexity index is 985. The first-order valence-electron chi connectivity index (χ1n) is 7.49. The van der Waals surface area contributed by atoms with Gasteiger partial charge in [0.25, 0.3) is 0 Å². The molecule has 6 heteroatoms. The van der Waals surface area contributed by atoms with E-state index in [1.54, 1.807) is 22.9 Å². The Morgan fingerprint density at radius 2 is 2.00 bits per heavy atom. The SMILES string of the molecule is N#Cc1ccccc1-n1nc(-c2ccc(Cl)cc2Cl)c2c1NCC2. The number of anilines is 1. The predicted molar refractivity (Wildman–Crippen MR) is 95.9 cm³/mol. The molecule has 0 bridgehead atoms. The van der Waals surface area contributed by atoms with Gasteiger partial charge in [0.1, 0.15) is 11.9 Å². The molecule has 24 heavy (non-hydrogen) atoms. The van der Waals surface area contributed by atoms with E-state index < -0.39 is 0 Å². The van der Waals surface area contributed by atoms with Crippen LogP contribution in [0.2, 0.25) is 10.0 Å². The number of halogens is 2. The first-order valence-corrected chi connectivity index (χ1v) is 8.25. The zero-order chi connectivity index (χ0) is 16.7. The molecule has 0 atom stereocenters. The van der Waals surface area contributed by atoms with Gasteiger partial charge in [0.15, 0.2) is 0 Å². The topological polar surface area (TPSA) is 53.6 Å². The van der Waals surface area contributed by atoms with Gasteiger partial charge in [-0.3, -0.25) is 0 Å². The molecular formula is C18H12Cl2N4. The summed E-state index contributed by atoms with van der Waals surface area (Å²) in [6.07, 6.45) is 0.859. The second-order valence-corrected chi connectivity index (χ2v) is 6.36. The van der Waals surface area contributed by atoms with Crippen molar-refractivity contribution >= 4 is 29.0 Å². The number of benzene rings is 2. The van der Waals surface area contributed by atoms with Crippen LogP contribution < -0.4 is 5.32 Å². The molecule has 0 aliphatic carbocycles. The number of fused-ring (bicyclic) bond motifs is 1. The number of hydrogen-bond donors (Lipinski definition) is 1. The van der Waals surface area contributed by atoms with Gasteiger partial charge in [-0.25, -0.2) is 4.68 Å². The van der Waals surface area contributed by atoms with Crippen LogP contribution in [0.1, 0.15) is 11.1 Å². The van der Waals surface area contributed by atoms with Gasteiger partial charge in [-0.1, -0.05) is 35.3 Å². The van der Waals surface area contributed by atoms with E-state index in [-0.39, 0.29) is 0 Å². The lowest BCUT2D eigenvalue weighted by Gasteiger charge is -2.08. The van der Waals surface area contributed by atoms with Gasteiger partial charge in [-0.2, -0.15) is 10.4 Å². The third-order valence-corrected chi connectivity index (χ3v) is 4.64. The number of nitrogens with one attached hydrogen (secondary N) is 1. The van der Waals surface area contributed by atoms with Crippen LogP contribution in [0.4, 0.5) is 5.82 Å². The summed E-state index contributed by atoms with van der Waals surface area (Å²) < 4.78 is 1.79. The lowest BCUT2D eigenvalue weighted by atomic mass is 10.1. The highest BCUT2D eigenvalue weighted by molar-refractivity contribution is 6.36. The molecule has 0 unspecified atom stereocenters. The molecule has 1 aromatic heterocycles. The Morgan fingerprint density at radius 1 is 1.17 bits per heavy atom. The van der Waals surface area contributed by atoms with E-state index in [4.69, 9.17) is 28.3 Å². The highest BCUT2D eigenvalue weighted by atomic mass is 35.5. The Hall–Kier alpha value is -2.48. The van der Waals surface area contributed by atoms with E-state index >= 15 is 0 Å². The quantitative estimate of drug-likeness (QED) is 0.726. The molecule has 0 amide bonds. The molecule has 1 aliphatic rings. The maximum atomic E-state index is 9.38. The highest BCUT2D eigenvalue weighted by Crippen LogP contribution is 2.38. The van der Waals surface area contributed by atoms with E-state index in [9.17, 15) is 5.26 Å². The minimum absolute atomic E-state index is 0.565. The van der Waals surface area contributed by atoms with Crippen molar-refractivity contribution in [1.29, 1.82) is 5.26 Å². The molecule has 0 saturated carbocycles. The molecule has 0 spiro atoms. The van der Waals surface area contributed by atoms with Crippen molar-refractivity contribution in [3.8, 4) is 23.0 Å². The highest BCUT2D eigenvalue weighted by Gasteiger charge is 2.25. The second kappa shape index (κ2) is 5.86. The summed E-state index contributed by atoms with van der Waals surface area (Å²) in [6.45, 7) is 0.833. The number of nitrogens with zero attached hydrogens (tertiary/aromatic N) is 3. The van der Waals surface area contributed by atoms with Crippen molar-refractivity contribution in [3.05, 3.63) is 63.6 Å². The fraction of sp³-hybridized carbons (Fsp3) is 0.111. The average molecular weight is 355 g/mol. The first kappa shape index (κ1) is 15.1. The summed E-state index contributed by atoms with van der Waals surface area (Å²) >= 11 is 12.4. The Balaban J connectivity index is 1.95. The van der Waals surface area contributed by atoms with E-state index in [1.165, 1.54) is 0 Å². The molecule has 1 N–H and O–H groups in total. The fourth-order valence-corrected chi connectivity index (χ4v) is 3.50. The van der Waals surface area contributed by atoms with Crippen molar-refractivity contribution in [3.63, 3.8) is 0 Å². The third-order valence-electron chi connectivity index (χ3n) is 4.09. The van der Waals surface area contributed by atoms with E-state index in [2.05, 4.69) is 11.4 Å². The van der Waals surface area contributed by atoms with Crippen LogP contribution in [0.15, 0.2) is 42.5 Å². The fourth-order valence-electron chi connectivity index (χ4n) is 3.00. The van der Waals surface area contributed by atoms with Crippen molar-refractivity contribution in [2.24, 2.45) is 0 Å². The van der Waals surface area contributed by atoms with Crippen LogP contribution in [0.5, 0.6) is 0 Å². The van der Waals surface area contributed by atoms with Gasteiger partial charge in [0.05, 0.1) is 22.0 Å². The Kier molecular flexibility index (Phi) is 3.68. The largest absolute Gasteiger partial charge is 0.369 e. The summed E-state index contributed by atoms with van der Waals surface area (Å²) in [5, 5.41) is 18.6. The maximum Gasteiger partial charge on any atom is 0.133 e. The molecule has 3 aromatic rings.